The molecule has 1 aromatic heterocycles. The number of carbonyl (C=O) groups is 1. The number of unbranched alkanes of at least 4 members (excludes halogenated alkanes) is 1. The van der Waals surface area contributed by atoms with Crippen LogP contribution in [0.25, 0.3) is 6.08 Å². The van der Waals surface area contributed by atoms with Gasteiger partial charge in [0.1, 0.15) is 5.15 Å². The Morgan fingerprint density at radius 3 is 2.96 bits per heavy atom. The molecule has 1 fully saturated rings. The number of nitrogens with zero attached hydrogens (tertiary/aromatic N) is 2. The van der Waals surface area contributed by atoms with E-state index in [1.807, 2.05) is 11.6 Å². The molecule has 1 saturated heterocycles. The van der Waals surface area contributed by atoms with E-state index in [1.165, 1.54) is 0 Å². The van der Waals surface area contributed by atoms with Crippen LogP contribution in [0.5, 0.6) is 0 Å². The lowest BCUT2D eigenvalue weighted by atomic mass is 9.96. The maximum Gasteiger partial charge on any atom is 0.244 e. The van der Waals surface area contributed by atoms with Crippen molar-refractivity contribution >= 4 is 23.6 Å². The zero-order valence-corrected chi connectivity index (χ0v) is 17.2. The van der Waals surface area contributed by atoms with Crippen molar-refractivity contribution in [2.45, 2.75) is 78.5 Å². The van der Waals surface area contributed by atoms with Crippen molar-refractivity contribution in [3.05, 3.63) is 22.5 Å². The molecule has 0 bridgehead atoms. The van der Waals surface area contributed by atoms with Crippen LogP contribution in [-0.2, 0) is 16.1 Å². The van der Waals surface area contributed by atoms with Gasteiger partial charge in [-0.2, -0.15) is 5.10 Å². The summed E-state index contributed by atoms with van der Waals surface area (Å²) in [6.45, 7) is 9.96. The normalized spacial score (nSPS) is 20.8. The molecule has 5 nitrogen and oxygen atoms in total. The predicted molar refractivity (Wildman–Crippen MR) is 106 cm³/mol. The molecule has 0 radical (unpaired) electrons. The minimum Gasteiger partial charge on any atom is -0.378 e. The van der Waals surface area contributed by atoms with Gasteiger partial charge in [-0.25, -0.2) is 0 Å². The van der Waals surface area contributed by atoms with E-state index in [0.717, 1.165) is 49.9 Å². The van der Waals surface area contributed by atoms with Gasteiger partial charge in [0, 0.05) is 30.8 Å². The predicted octanol–water partition coefficient (Wildman–Crippen LogP) is 4.37. The topological polar surface area (TPSA) is 56.2 Å². The lowest BCUT2D eigenvalue weighted by Crippen LogP contribution is -2.41. The lowest BCUT2D eigenvalue weighted by molar-refractivity contribution is -0.118. The first-order valence-corrected chi connectivity index (χ1v) is 10.1. The van der Waals surface area contributed by atoms with Crippen molar-refractivity contribution in [1.82, 2.24) is 15.1 Å². The summed E-state index contributed by atoms with van der Waals surface area (Å²) in [6, 6.07) is 0.175. The summed E-state index contributed by atoms with van der Waals surface area (Å²) in [5.74, 6) is 0.515. The number of aryl methyl sites for hydroxylation is 2. The Balaban J connectivity index is 1.92. The first kappa shape index (κ1) is 21.0. The summed E-state index contributed by atoms with van der Waals surface area (Å²) in [4.78, 5) is 12.3. The number of hydrogen-bond acceptors (Lipinski definition) is 3. The maximum atomic E-state index is 12.3. The first-order chi connectivity index (χ1) is 12.4. The molecule has 1 amide bonds. The highest BCUT2D eigenvalue weighted by Crippen LogP contribution is 2.22. The molecule has 0 saturated carbocycles. The fourth-order valence-electron chi connectivity index (χ4n) is 3.32. The molecule has 2 rings (SSSR count). The van der Waals surface area contributed by atoms with E-state index >= 15 is 0 Å². The average Bonchev–Trinajstić information content (AvgIpc) is 2.84. The molecular formula is C20H32ClN3O2. The molecule has 6 heteroatoms. The van der Waals surface area contributed by atoms with Crippen LogP contribution in [-0.4, -0.2) is 34.4 Å². The fourth-order valence-corrected chi connectivity index (χ4v) is 3.64. The summed E-state index contributed by atoms with van der Waals surface area (Å²) in [6.07, 6.45) is 8.48. The maximum absolute atomic E-state index is 12.3. The lowest BCUT2D eigenvalue weighted by Gasteiger charge is -2.30. The Kier molecular flexibility index (Phi) is 8.16. The van der Waals surface area contributed by atoms with E-state index in [9.17, 15) is 4.79 Å². The zero-order valence-electron chi connectivity index (χ0n) is 16.4. The Morgan fingerprint density at radius 1 is 1.50 bits per heavy atom. The largest absolute Gasteiger partial charge is 0.378 e. The molecule has 1 aliphatic rings. The molecule has 146 valence electrons. The van der Waals surface area contributed by atoms with E-state index in [-0.39, 0.29) is 18.1 Å². The minimum absolute atomic E-state index is 0.0861. The van der Waals surface area contributed by atoms with Crippen LogP contribution in [0.15, 0.2) is 6.08 Å². The molecule has 1 aliphatic heterocycles. The Bertz CT molecular complexity index is 625. The van der Waals surface area contributed by atoms with Crippen LogP contribution in [0, 0.1) is 12.8 Å². The van der Waals surface area contributed by atoms with Gasteiger partial charge in [0.05, 0.1) is 11.8 Å². The molecule has 0 aromatic carbocycles. The number of amides is 1. The standard InChI is InChI=1S/C20H32ClN3O2/c1-5-6-10-24-20(21)18(15(4)23-24)7-8-19(25)22-16-9-11-26-17(13-16)12-14(2)3/h7-8,14,16-17H,5-6,9-13H2,1-4H3,(H,22,25). The average molecular weight is 382 g/mol. The van der Waals surface area contributed by atoms with Crippen molar-refractivity contribution in [2.75, 3.05) is 6.61 Å². The van der Waals surface area contributed by atoms with Gasteiger partial charge in [-0.3, -0.25) is 9.48 Å². The highest BCUT2D eigenvalue weighted by molar-refractivity contribution is 6.31. The summed E-state index contributed by atoms with van der Waals surface area (Å²) < 4.78 is 7.61. The quantitative estimate of drug-likeness (QED) is 0.680. The van der Waals surface area contributed by atoms with Crippen molar-refractivity contribution < 1.29 is 9.53 Å². The number of hydrogen-bond donors (Lipinski definition) is 1. The van der Waals surface area contributed by atoms with Gasteiger partial charge in [0.15, 0.2) is 0 Å². The molecule has 2 heterocycles. The molecule has 2 atom stereocenters. The van der Waals surface area contributed by atoms with Gasteiger partial charge in [-0.05, 0) is 44.6 Å². The van der Waals surface area contributed by atoms with Crippen LogP contribution in [0.2, 0.25) is 5.15 Å². The monoisotopic (exact) mass is 381 g/mol. The third-order valence-corrected chi connectivity index (χ3v) is 5.08. The van der Waals surface area contributed by atoms with E-state index in [1.54, 1.807) is 12.2 Å². The number of nitrogens with one attached hydrogen (secondary N) is 1. The van der Waals surface area contributed by atoms with Gasteiger partial charge >= 0.3 is 0 Å². The van der Waals surface area contributed by atoms with Gasteiger partial charge in [0.25, 0.3) is 0 Å². The third kappa shape index (κ3) is 6.13. The Labute approximate surface area is 162 Å². The second kappa shape index (κ2) is 10.1. The number of rotatable bonds is 8. The van der Waals surface area contributed by atoms with Crippen molar-refractivity contribution in [3.63, 3.8) is 0 Å². The second-order valence-electron chi connectivity index (χ2n) is 7.55. The van der Waals surface area contributed by atoms with Gasteiger partial charge in [-0.1, -0.05) is 38.8 Å². The SMILES string of the molecule is CCCCn1nc(C)c(C=CC(=O)NC2CCOC(CC(C)C)C2)c1Cl. The van der Waals surface area contributed by atoms with Crippen LogP contribution in [0.1, 0.15) is 64.1 Å². The van der Waals surface area contributed by atoms with Crippen molar-refractivity contribution in [1.29, 1.82) is 0 Å². The highest BCUT2D eigenvalue weighted by atomic mass is 35.5. The molecular weight excluding hydrogens is 350 g/mol. The smallest absolute Gasteiger partial charge is 0.244 e. The first-order valence-electron chi connectivity index (χ1n) is 9.73. The van der Waals surface area contributed by atoms with Gasteiger partial charge in [0.2, 0.25) is 5.91 Å². The zero-order chi connectivity index (χ0) is 19.1. The van der Waals surface area contributed by atoms with Crippen molar-refractivity contribution in [3.8, 4) is 0 Å². The number of halogens is 1. The highest BCUT2D eigenvalue weighted by Gasteiger charge is 2.24. The van der Waals surface area contributed by atoms with E-state index in [2.05, 4.69) is 31.2 Å². The second-order valence-corrected chi connectivity index (χ2v) is 7.91. The van der Waals surface area contributed by atoms with Gasteiger partial charge in [-0.15, -0.1) is 0 Å². The summed E-state index contributed by atoms with van der Waals surface area (Å²) in [5.41, 5.74) is 1.67. The number of carbonyl (C=O) groups excluding carboxylic acids is 1. The Hall–Kier alpha value is -1.33. The minimum atomic E-state index is -0.0861. The van der Waals surface area contributed by atoms with E-state index in [4.69, 9.17) is 16.3 Å². The molecule has 26 heavy (non-hydrogen) atoms. The summed E-state index contributed by atoms with van der Waals surface area (Å²) in [5, 5.41) is 8.16. The van der Waals surface area contributed by atoms with E-state index < -0.39 is 0 Å². The number of aromatic nitrogens is 2. The summed E-state index contributed by atoms with van der Waals surface area (Å²) in [7, 11) is 0. The third-order valence-electron chi connectivity index (χ3n) is 4.68. The Morgan fingerprint density at radius 2 is 2.27 bits per heavy atom. The molecule has 2 unspecified atom stereocenters. The molecule has 1 N–H and O–H groups in total. The van der Waals surface area contributed by atoms with Gasteiger partial charge < -0.3 is 10.1 Å². The van der Waals surface area contributed by atoms with E-state index in [0.29, 0.717) is 17.7 Å². The van der Waals surface area contributed by atoms with Crippen LogP contribution >= 0.6 is 11.6 Å². The molecule has 0 spiro atoms. The summed E-state index contributed by atoms with van der Waals surface area (Å²) >= 11 is 6.41. The molecule has 1 aromatic rings. The van der Waals surface area contributed by atoms with Crippen LogP contribution in [0.3, 0.4) is 0 Å². The molecule has 0 aliphatic carbocycles. The van der Waals surface area contributed by atoms with Crippen LogP contribution in [0.4, 0.5) is 0 Å². The van der Waals surface area contributed by atoms with Crippen LogP contribution < -0.4 is 5.32 Å². The number of ether oxygens (including phenoxy) is 1. The van der Waals surface area contributed by atoms with Crippen molar-refractivity contribution in [2.24, 2.45) is 5.92 Å². The fraction of sp³-hybridized carbons (Fsp3) is 0.700.